The molecule has 4 rings (SSSR count). The van der Waals surface area contributed by atoms with Crippen LogP contribution < -0.4 is 11.5 Å². The first-order valence-electron chi connectivity index (χ1n) is 6.75. The van der Waals surface area contributed by atoms with Gasteiger partial charge in [-0.25, -0.2) is 4.68 Å². The number of hydrogen-bond donors (Lipinski definition) is 2. The van der Waals surface area contributed by atoms with Crippen LogP contribution in [0, 0.1) is 0 Å². The molecule has 108 valence electrons. The van der Waals surface area contributed by atoms with Crippen LogP contribution in [0.25, 0.3) is 22.4 Å². The second-order valence-electron chi connectivity index (χ2n) is 4.90. The number of nitrogens with two attached hydrogens (primary N) is 2. The number of nitrogen functional groups attached to an aromatic ring is 2. The zero-order valence-electron chi connectivity index (χ0n) is 11.6. The molecule has 0 saturated carbocycles. The second-order valence-corrected chi connectivity index (χ2v) is 4.90. The van der Waals surface area contributed by atoms with Gasteiger partial charge in [0.1, 0.15) is 22.7 Å². The summed E-state index contributed by atoms with van der Waals surface area (Å²) in [6.45, 7) is 0. The van der Waals surface area contributed by atoms with E-state index in [9.17, 15) is 0 Å². The number of hydrogen-bond acceptors (Lipinski definition) is 5. The minimum absolute atomic E-state index is 0.380. The van der Waals surface area contributed by atoms with Gasteiger partial charge in [0.2, 0.25) is 0 Å². The van der Waals surface area contributed by atoms with E-state index in [1.165, 1.54) is 0 Å². The lowest BCUT2D eigenvalue weighted by molar-refractivity contribution is 0.765. The highest BCUT2D eigenvalue weighted by Gasteiger charge is 2.09. The summed E-state index contributed by atoms with van der Waals surface area (Å²) in [6.07, 6.45) is 0. The van der Waals surface area contributed by atoms with Gasteiger partial charge in [0.15, 0.2) is 0 Å². The molecule has 0 fully saturated rings. The van der Waals surface area contributed by atoms with Crippen LogP contribution in [0.3, 0.4) is 0 Å². The van der Waals surface area contributed by atoms with Gasteiger partial charge in [0, 0.05) is 6.07 Å². The molecule has 22 heavy (non-hydrogen) atoms. The van der Waals surface area contributed by atoms with Crippen molar-refractivity contribution in [2.45, 2.75) is 0 Å². The van der Waals surface area contributed by atoms with Crippen molar-refractivity contribution in [3.8, 4) is 11.4 Å². The third kappa shape index (κ3) is 1.96. The predicted molar refractivity (Wildman–Crippen MR) is 84.8 cm³/mol. The van der Waals surface area contributed by atoms with E-state index in [0.717, 1.165) is 22.4 Å². The summed E-state index contributed by atoms with van der Waals surface area (Å²) in [5.74, 6) is 0.859. The Bertz CT molecular complexity index is 953. The molecule has 0 radical (unpaired) electrons. The maximum Gasteiger partial charge on any atom is 0.148 e. The molecule has 0 aliphatic rings. The molecule has 0 aliphatic heterocycles. The lowest BCUT2D eigenvalue weighted by Crippen LogP contribution is -2.01. The molecular weight excluding hydrogens is 278 g/mol. The van der Waals surface area contributed by atoms with E-state index in [2.05, 4.69) is 15.3 Å². The van der Waals surface area contributed by atoms with Gasteiger partial charge in [0.05, 0.1) is 11.4 Å². The summed E-state index contributed by atoms with van der Waals surface area (Å²) in [5.41, 5.74) is 14.8. The van der Waals surface area contributed by atoms with Crippen molar-refractivity contribution in [1.82, 2.24) is 24.8 Å². The van der Waals surface area contributed by atoms with Gasteiger partial charge in [-0.2, -0.15) is 4.80 Å². The Balaban J connectivity index is 1.83. The van der Waals surface area contributed by atoms with Crippen molar-refractivity contribution in [3.63, 3.8) is 0 Å². The number of nitrogens with zero attached hydrogens (tertiary/aromatic N) is 5. The maximum atomic E-state index is 5.89. The fourth-order valence-electron chi connectivity index (χ4n) is 2.33. The summed E-state index contributed by atoms with van der Waals surface area (Å²) in [5, 5.41) is 13.1. The van der Waals surface area contributed by atoms with Crippen molar-refractivity contribution >= 4 is 22.7 Å². The molecule has 2 heterocycles. The van der Waals surface area contributed by atoms with Crippen LogP contribution in [-0.2, 0) is 0 Å². The average Bonchev–Trinajstić information content (AvgIpc) is 3.10. The molecule has 0 bridgehead atoms. The summed E-state index contributed by atoms with van der Waals surface area (Å²) in [7, 11) is 0. The van der Waals surface area contributed by atoms with Crippen LogP contribution in [0.4, 0.5) is 11.6 Å². The van der Waals surface area contributed by atoms with E-state index < -0.39 is 0 Å². The van der Waals surface area contributed by atoms with E-state index in [-0.39, 0.29) is 0 Å². The molecule has 4 N–H and O–H groups in total. The summed E-state index contributed by atoms with van der Waals surface area (Å²) in [6, 6.07) is 17.0. The number of fused-ring (bicyclic) bond motifs is 1. The molecule has 0 unspecified atom stereocenters. The van der Waals surface area contributed by atoms with E-state index in [1.54, 1.807) is 15.5 Å². The fourth-order valence-corrected chi connectivity index (χ4v) is 2.33. The Hall–Kier alpha value is -3.35. The number of benzene rings is 2. The Morgan fingerprint density at radius 2 is 1.50 bits per heavy atom. The van der Waals surface area contributed by atoms with Crippen molar-refractivity contribution in [2.75, 3.05) is 11.5 Å². The topological polar surface area (TPSA) is 101 Å². The normalized spacial score (nSPS) is 11.1. The lowest BCUT2D eigenvalue weighted by Gasteiger charge is -2.02. The van der Waals surface area contributed by atoms with Crippen molar-refractivity contribution in [1.29, 1.82) is 0 Å². The van der Waals surface area contributed by atoms with Crippen LogP contribution in [0.2, 0.25) is 0 Å². The lowest BCUT2D eigenvalue weighted by atomic mass is 10.3. The smallest absolute Gasteiger partial charge is 0.148 e. The number of anilines is 2. The van der Waals surface area contributed by atoms with Gasteiger partial charge >= 0.3 is 0 Å². The summed E-state index contributed by atoms with van der Waals surface area (Å²) in [4.78, 5) is 1.61. The first kappa shape index (κ1) is 12.4. The van der Waals surface area contributed by atoms with Crippen LogP contribution in [0.1, 0.15) is 0 Å². The van der Waals surface area contributed by atoms with Crippen LogP contribution in [-0.4, -0.2) is 24.8 Å². The Morgan fingerprint density at radius 3 is 2.23 bits per heavy atom. The summed E-state index contributed by atoms with van der Waals surface area (Å²) >= 11 is 0. The number of para-hydroxylation sites is 1. The van der Waals surface area contributed by atoms with E-state index in [1.807, 2.05) is 48.5 Å². The van der Waals surface area contributed by atoms with Crippen LogP contribution in [0.15, 0.2) is 54.6 Å². The van der Waals surface area contributed by atoms with E-state index in [4.69, 9.17) is 11.5 Å². The first-order valence-corrected chi connectivity index (χ1v) is 6.75. The third-order valence-electron chi connectivity index (χ3n) is 3.35. The minimum atomic E-state index is 0.380. The molecule has 0 aliphatic carbocycles. The monoisotopic (exact) mass is 291 g/mol. The highest BCUT2D eigenvalue weighted by atomic mass is 15.5. The van der Waals surface area contributed by atoms with Crippen LogP contribution >= 0.6 is 0 Å². The van der Waals surface area contributed by atoms with E-state index in [0.29, 0.717) is 11.6 Å². The highest BCUT2D eigenvalue weighted by Crippen LogP contribution is 2.20. The summed E-state index contributed by atoms with van der Waals surface area (Å²) < 4.78 is 1.58. The Labute approximate surface area is 125 Å². The Morgan fingerprint density at radius 1 is 0.727 bits per heavy atom. The molecule has 0 spiro atoms. The molecule has 4 aromatic rings. The standard InChI is InChI=1S/C15H13N7/c16-14-9-15(17)21(20-14)11-6-7-12-13(8-11)19-22(18-12)10-4-2-1-3-5-10/h1-9H,17H2,(H2,16,20). The van der Waals surface area contributed by atoms with Crippen molar-refractivity contribution < 1.29 is 0 Å². The largest absolute Gasteiger partial charge is 0.384 e. The van der Waals surface area contributed by atoms with Gasteiger partial charge in [-0.3, -0.25) is 0 Å². The quantitative estimate of drug-likeness (QED) is 0.586. The average molecular weight is 291 g/mol. The Kier molecular flexibility index (Phi) is 2.59. The molecular formula is C15H13N7. The number of rotatable bonds is 2. The van der Waals surface area contributed by atoms with E-state index >= 15 is 0 Å². The SMILES string of the molecule is Nc1cc(N)n(-c2ccc3nn(-c4ccccc4)nc3c2)n1. The zero-order valence-corrected chi connectivity index (χ0v) is 11.6. The molecule has 2 aromatic heterocycles. The predicted octanol–water partition coefficient (Wildman–Crippen LogP) is 1.77. The van der Waals surface area contributed by atoms with Gasteiger partial charge in [0.25, 0.3) is 0 Å². The minimum Gasteiger partial charge on any atom is -0.384 e. The zero-order chi connectivity index (χ0) is 15.1. The first-order chi connectivity index (χ1) is 10.7. The molecule has 2 aromatic carbocycles. The maximum absolute atomic E-state index is 5.89. The third-order valence-corrected chi connectivity index (χ3v) is 3.35. The molecule has 0 amide bonds. The van der Waals surface area contributed by atoms with Crippen molar-refractivity contribution in [3.05, 3.63) is 54.6 Å². The fraction of sp³-hybridized carbons (Fsp3) is 0. The van der Waals surface area contributed by atoms with Gasteiger partial charge in [-0.15, -0.1) is 15.3 Å². The molecule has 0 saturated heterocycles. The molecule has 0 atom stereocenters. The van der Waals surface area contributed by atoms with Gasteiger partial charge in [-0.05, 0) is 30.3 Å². The molecule has 7 nitrogen and oxygen atoms in total. The van der Waals surface area contributed by atoms with Gasteiger partial charge < -0.3 is 11.5 Å². The van der Waals surface area contributed by atoms with Crippen molar-refractivity contribution in [2.24, 2.45) is 0 Å². The van der Waals surface area contributed by atoms with Gasteiger partial charge in [-0.1, -0.05) is 18.2 Å². The molecule has 7 heteroatoms. The van der Waals surface area contributed by atoms with Crippen LogP contribution in [0.5, 0.6) is 0 Å². The highest BCUT2D eigenvalue weighted by molar-refractivity contribution is 5.77. The second kappa shape index (κ2) is 4.59. The number of aromatic nitrogens is 5.